The van der Waals surface area contributed by atoms with Crippen LogP contribution in [0, 0.1) is 17.0 Å². The van der Waals surface area contributed by atoms with E-state index in [-0.39, 0.29) is 11.6 Å². The zero-order valence-corrected chi connectivity index (χ0v) is 13.4. The molecule has 0 aliphatic carbocycles. The Balaban J connectivity index is 1.78. The molecule has 1 aliphatic rings. The molecule has 3 rings (SSSR count). The molecule has 2 aromatic rings. The number of ether oxygens (including phenoxy) is 1. The maximum absolute atomic E-state index is 12.4. The summed E-state index contributed by atoms with van der Waals surface area (Å²) in [7, 11) is 0. The number of aryl methyl sites for hydroxylation is 1. The van der Waals surface area contributed by atoms with Gasteiger partial charge in [-0.2, -0.15) is 0 Å². The van der Waals surface area contributed by atoms with E-state index in [1.54, 1.807) is 31.2 Å². The molecule has 0 radical (unpaired) electrons. The number of rotatable bonds is 4. The van der Waals surface area contributed by atoms with Crippen molar-refractivity contribution in [2.45, 2.75) is 6.92 Å². The lowest BCUT2D eigenvalue weighted by atomic mass is 10.1. The van der Waals surface area contributed by atoms with Crippen molar-refractivity contribution in [1.29, 1.82) is 0 Å². The molecule has 0 bridgehead atoms. The summed E-state index contributed by atoms with van der Waals surface area (Å²) in [5.74, 6) is -0.390. The number of nitro groups is 1. The molecular weight excluding hydrogens is 326 g/mol. The van der Waals surface area contributed by atoms with E-state index in [0.717, 1.165) is 0 Å². The molecule has 0 saturated carbocycles. The van der Waals surface area contributed by atoms with Crippen LogP contribution >= 0.6 is 0 Å². The molecular formula is C17H15N3O5. The lowest BCUT2D eigenvalue weighted by molar-refractivity contribution is -0.385. The van der Waals surface area contributed by atoms with Gasteiger partial charge in [-0.25, -0.2) is 4.79 Å². The van der Waals surface area contributed by atoms with Crippen molar-refractivity contribution in [2.75, 3.05) is 23.4 Å². The maximum atomic E-state index is 12.4. The van der Waals surface area contributed by atoms with Gasteiger partial charge in [0.2, 0.25) is 0 Å². The van der Waals surface area contributed by atoms with Gasteiger partial charge in [0, 0.05) is 28.6 Å². The summed E-state index contributed by atoms with van der Waals surface area (Å²) in [6.07, 6.45) is -0.422. The quantitative estimate of drug-likeness (QED) is 0.680. The Hall–Kier alpha value is -3.42. The average molecular weight is 341 g/mol. The number of carbonyl (C=O) groups is 2. The molecule has 0 aromatic heterocycles. The number of hydrogen-bond acceptors (Lipinski definition) is 5. The number of hydrogen-bond donors (Lipinski definition) is 1. The SMILES string of the molecule is Cc1cc(C(=O)Nc2cccc(N3CCOC3=O)c2)ccc1[N+](=O)[O-]. The fraction of sp³-hybridized carbons (Fsp3) is 0.176. The second kappa shape index (κ2) is 6.60. The van der Waals surface area contributed by atoms with Gasteiger partial charge in [0.25, 0.3) is 11.6 Å². The summed E-state index contributed by atoms with van der Waals surface area (Å²) in [6, 6.07) is 11.0. The molecule has 25 heavy (non-hydrogen) atoms. The van der Waals surface area contributed by atoms with Gasteiger partial charge in [0.05, 0.1) is 11.5 Å². The molecule has 1 fully saturated rings. The number of nitro benzene ring substituents is 1. The Morgan fingerprint density at radius 3 is 2.72 bits per heavy atom. The van der Waals surface area contributed by atoms with E-state index in [9.17, 15) is 19.7 Å². The lowest BCUT2D eigenvalue weighted by Gasteiger charge is -2.14. The van der Waals surface area contributed by atoms with Crippen LogP contribution in [0.2, 0.25) is 0 Å². The van der Waals surface area contributed by atoms with Crippen LogP contribution in [0.1, 0.15) is 15.9 Å². The fourth-order valence-corrected chi connectivity index (χ4v) is 2.58. The van der Waals surface area contributed by atoms with Crippen LogP contribution in [0.5, 0.6) is 0 Å². The fourth-order valence-electron chi connectivity index (χ4n) is 2.58. The van der Waals surface area contributed by atoms with Crippen LogP contribution in [-0.4, -0.2) is 30.1 Å². The van der Waals surface area contributed by atoms with E-state index < -0.39 is 11.0 Å². The number of anilines is 2. The van der Waals surface area contributed by atoms with Crippen molar-refractivity contribution in [2.24, 2.45) is 0 Å². The van der Waals surface area contributed by atoms with Crippen molar-refractivity contribution >= 4 is 29.1 Å². The van der Waals surface area contributed by atoms with Gasteiger partial charge >= 0.3 is 6.09 Å². The number of cyclic esters (lactones) is 1. The number of amides is 2. The van der Waals surface area contributed by atoms with E-state index >= 15 is 0 Å². The molecule has 2 amide bonds. The second-order valence-corrected chi connectivity index (χ2v) is 5.53. The van der Waals surface area contributed by atoms with Crippen LogP contribution in [-0.2, 0) is 4.74 Å². The summed E-state index contributed by atoms with van der Waals surface area (Å²) >= 11 is 0. The minimum atomic E-state index is -0.490. The molecule has 1 saturated heterocycles. The highest BCUT2D eigenvalue weighted by Gasteiger charge is 2.23. The van der Waals surface area contributed by atoms with Crippen molar-refractivity contribution < 1.29 is 19.2 Å². The van der Waals surface area contributed by atoms with E-state index in [1.807, 2.05) is 0 Å². The zero-order chi connectivity index (χ0) is 18.0. The molecule has 8 heteroatoms. The number of nitrogens with zero attached hydrogens (tertiary/aromatic N) is 2. The third-order valence-corrected chi connectivity index (χ3v) is 3.83. The third-order valence-electron chi connectivity index (χ3n) is 3.83. The van der Waals surface area contributed by atoms with Gasteiger partial charge in [0.15, 0.2) is 0 Å². The van der Waals surface area contributed by atoms with Gasteiger partial charge in [-0.15, -0.1) is 0 Å². The molecule has 1 heterocycles. The normalized spacial score (nSPS) is 13.5. The van der Waals surface area contributed by atoms with Crippen molar-refractivity contribution in [3.8, 4) is 0 Å². The first kappa shape index (κ1) is 16.4. The second-order valence-electron chi connectivity index (χ2n) is 5.53. The zero-order valence-electron chi connectivity index (χ0n) is 13.4. The Kier molecular flexibility index (Phi) is 4.34. The highest BCUT2D eigenvalue weighted by atomic mass is 16.6. The smallest absolute Gasteiger partial charge is 0.414 e. The molecule has 2 aromatic carbocycles. The standard InChI is InChI=1S/C17H15N3O5/c1-11-9-12(5-6-15(11)20(23)24)16(21)18-13-3-2-4-14(10-13)19-7-8-25-17(19)22/h2-6,9-10H,7-8H2,1H3,(H,18,21). The minimum Gasteiger partial charge on any atom is -0.447 e. The van der Waals surface area contributed by atoms with Crippen molar-refractivity contribution in [1.82, 2.24) is 0 Å². The lowest BCUT2D eigenvalue weighted by Crippen LogP contribution is -2.23. The van der Waals surface area contributed by atoms with E-state index in [1.165, 1.54) is 23.1 Å². The number of carbonyl (C=O) groups excluding carboxylic acids is 2. The first-order valence-corrected chi connectivity index (χ1v) is 7.56. The van der Waals surface area contributed by atoms with Crippen LogP contribution in [0.3, 0.4) is 0 Å². The molecule has 0 spiro atoms. The first-order valence-electron chi connectivity index (χ1n) is 7.56. The van der Waals surface area contributed by atoms with Crippen LogP contribution < -0.4 is 10.2 Å². The van der Waals surface area contributed by atoms with Crippen molar-refractivity contribution in [3.63, 3.8) is 0 Å². The third kappa shape index (κ3) is 3.42. The summed E-state index contributed by atoms with van der Waals surface area (Å²) in [4.78, 5) is 35.8. The van der Waals surface area contributed by atoms with Crippen molar-refractivity contribution in [3.05, 3.63) is 63.7 Å². The van der Waals surface area contributed by atoms with Gasteiger partial charge in [-0.3, -0.25) is 19.8 Å². The Morgan fingerprint density at radius 1 is 1.28 bits per heavy atom. The predicted molar refractivity (Wildman–Crippen MR) is 90.9 cm³/mol. The highest BCUT2D eigenvalue weighted by molar-refractivity contribution is 6.05. The summed E-state index contributed by atoms with van der Waals surface area (Å²) in [5, 5.41) is 13.6. The Bertz CT molecular complexity index is 865. The van der Waals surface area contributed by atoms with Gasteiger partial charge in [0.1, 0.15) is 6.61 Å². The minimum absolute atomic E-state index is 0.0360. The molecule has 0 atom stereocenters. The van der Waals surface area contributed by atoms with E-state index in [2.05, 4.69) is 5.32 Å². The van der Waals surface area contributed by atoms with Gasteiger partial charge < -0.3 is 10.1 Å². The van der Waals surface area contributed by atoms with Gasteiger partial charge in [-0.1, -0.05) is 6.07 Å². The topological polar surface area (TPSA) is 102 Å². The Labute approximate surface area is 143 Å². The van der Waals surface area contributed by atoms with E-state index in [4.69, 9.17) is 4.74 Å². The van der Waals surface area contributed by atoms with Crippen LogP contribution in [0.25, 0.3) is 0 Å². The van der Waals surface area contributed by atoms with Gasteiger partial charge in [-0.05, 0) is 37.3 Å². The molecule has 1 N–H and O–H groups in total. The molecule has 0 unspecified atom stereocenters. The first-order chi connectivity index (χ1) is 12.0. The molecule has 1 aliphatic heterocycles. The van der Waals surface area contributed by atoms with Crippen LogP contribution in [0.4, 0.5) is 21.9 Å². The maximum Gasteiger partial charge on any atom is 0.414 e. The summed E-state index contributed by atoms with van der Waals surface area (Å²) in [6.45, 7) is 2.36. The average Bonchev–Trinajstić information content (AvgIpc) is 3.00. The predicted octanol–water partition coefficient (Wildman–Crippen LogP) is 3.11. The number of nitrogens with one attached hydrogen (secondary N) is 1. The summed E-state index contributed by atoms with van der Waals surface area (Å²) in [5.41, 5.74) is 1.82. The monoisotopic (exact) mass is 341 g/mol. The van der Waals surface area contributed by atoms with E-state index in [0.29, 0.717) is 35.7 Å². The van der Waals surface area contributed by atoms with Crippen LogP contribution in [0.15, 0.2) is 42.5 Å². The number of benzene rings is 2. The molecule has 8 nitrogen and oxygen atoms in total. The Morgan fingerprint density at radius 2 is 2.08 bits per heavy atom. The highest BCUT2D eigenvalue weighted by Crippen LogP contribution is 2.24. The largest absolute Gasteiger partial charge is 0.447 e. The molecule has 128 valence electrons. The summed E-state index contributed by atoms with van der Waals surface area (Å²) < 4.78 is 4.90.